The van der Waals surface area contributed by atoms with Crippen LogP contribution in [0.1, 0.15) is 39.2 Å². The Morgan fingerprint density at radius 3 is 2.39 bits per heavy atom. The summed E-state index contributed by atoms with van der Waals surface area (Å²) in [4.78, 5) is 0. The van der Waals surface area contributed by atoms with Gasteiger partial charge >= 0.3 is 0 Å². The van der Waals surface area contributed by atoms with Gasteiger partial charge in [0.1, 0.15) is 5.82 Å². The summed E-state index contributed by atoms with van der Waals surface area (Å²) in [6.07, 6.45) is 0. The molecule has 1 aromatic carbocycles. The molecule has 1 aromatic rings. The molecule has 0 bridgehead atoms. The van der Waals surface area contributed by atoms with Gasteiger partial charge in [0.05, 0.1) is 5.02 Å². The van der Waals surface area contributed by atoms with E-state index >= 15 is 0 Å². The molecule has 0 amide bonds. The first kappa shape index (κ1) is 15.5. The number of rotatable bonds is 6. The summed E-state index contributed by atoms with van der Waals surface area (Å²) >= 11 is 5.85. The number of halogens is 2. The van der Waals surface area contributed by atoms with Crippen LogP contribution in [0.4, 0.5) is 4.39 Å². The van der Waals surface area contributed by atoms with E-state index in [0.717, 1.165) is 13.1 Å². The smallest absolute Gasteiger partial charge is 0.145 e. The average molecular weight is 272 g/mol. The molecule has 1 nitrogen and oxygen atoms in total. The highest BCUT2D eigenvalue weighted by atomic mass is 35.5. The second kappa shape index (κ2) is 7.10. The Labute approximate surface area is 115 Å². The van der Waals surface area contributed by atoms with Crippen molar-refractivity contribution >= 4 is 11.6 Å². The van der Waals surface area contributed by atoms with Gasteiger partial charge < -0.3 is 5.32 Å². The van der Waals surface area contributed by atoms with Crippen molar-refractivity contribution in [3.8, 4) is 0 Å². The molecule has 102 valence electrons. The van der Waals surface area contributed by atoms with Crippen LogP contribution in [0.5, 0.6) is 0 Å². The maximum Gasteiger partial charge on any atom is 0.145 e. The molecule has 0 aliphatic rings. The minimum atomic E-state index is -0.274. The van der Waals surface area contributed by atoms with E-state index in [2.05, 4.69) is 33.0 Å². The molecule has 0 fully saturated rings. The van der Waals surface area contributed by atoms with Crippen molar-refractivity contribution in [2.45, 2.75) is 33.6 Å². The minimum absolute atomic E-state index is 0.155. The Hall–Kier alpha value is -0.600. The van der Waals surface area contributed by atoms with Gasteiger partial charge in [0, 0.05) is 12.5 Å². The highest BCUT2D eigenvalue weighted by Crippen LogP contribution is 2.29. The monoisotopic (exact) mass is 271 g/mol. The first-order chi connectivity index (χ1) is 8.43. The fourth-order valence-electron chi connectivity index (χ4n) is 2.04. The van der Waals surface area contributed by atoms with Crippen molar-refractivity contribution in [1.82, 2.24) is 5.32 Å². The molecule has 0 aliphatic heterocycles. The van der Waals surface area contributed by atoms with E-state index in [1.165, 1.54) is 0 Å². The Morgan fingerprint density at radius 2 is 1.83 bits per heavy atom. The minimum Gasteiger partial charge on any atom is -0.316 e. The summed E-state index contributed by atoms with van der Waals surface area (Å²) in [5, 5.41) is 3.61. The van der Waals surface area contributed by atoms with E-state index in [4.69, 9.17) is 11.6 Å². The van der Waals surface area contributed by atoms with Crippen LogP contribution in [0.25, 0.3) is 0 Å². The van der Waals surface area contributed by atoms with Gasteiger partial charge in [-0.05, 0) is 30.0 Å². The molecule has 0 spiro atoms. The lowest BCUT2D eigenvalue weighted by atomic mass is 9.88. The zero-order chi connectivity index (χ0) is 13.7. The lowest BCUT2D eigenvalue weighted by molar-refractivity contribution is 0.428. The molecule has 0 aliphatic carbocycles. The second-order valence-electron chi connectivity index (χ2n) is 5.55. The summed E-state index contributed by atoms with van der Waals surface area (Å²) in [6.45, 7) is 10.3. The molecule has 3 heteroatoms. The molecule has 0 saturated carbocycles. The molecule has 1 N–H and O–H groups in total. The van der Waals surface area contributed by atoms with Crippen LogP contribution in [-0.2, 0) is 0 Å². The largest absolute Gasteiger partial charge is 0.316 e. The quantitative estimate of drug-likeness (QED) is 0.805. The standard InChI is InChI=1S/C15H23ClFN/c1-10(2)8-18-9-13(11(3)4)12-6-5-7-14(16)15(12)17/h5-7,10-11,13,18H,8-9H2,1-4H3. The van der Waals surface area contributed by atoms with Gasteiger partial charge in [0.2, 0.25) is 0 Å². The first-order valence-corrected chi connectivity index (χ1v) is 6.95. The van der Waals surface area contributed by atoms with Crippen LogP contribution in [-0.4, -0.2) is 13.1 Å². The molecular formula is C15H23ClFN. The predicted molar refractivity (Wildman–Crippen MR) is 76.7 cm³/mol. The summed E-state index contributed by atoms with van der Waals surface area (Å²) in [5.41, 5.74) is 0.716. The number of nitrogens with one attached hydrogen (secondary N) is 1. The van der Waals surface area contributed by atoms with E-state index in [9.17, 15) is 4.39 Å². The van der Waals surface area contributed by atoms with Gasteiger partial charge in [0.15, 0.2) is 0 Å². The summed E-state index contributed by atoms with van der Waals surface area (Å²) in [7, 11) is 0. The van der Waals surface area contributed by atoms with Crippen LogP contribution < -0.4 is 5.32 Å². The van der Waals surface area contributed by atoms with Gasteiger partial charge in [-0.3, -0.25) is 0 Å². The van der Waals surface area contributed by atoms with Crippen molar-refractivity contribution in [3.63, 3.8) is 0 Å². The lowest BCUT2D eigenvalue weighted by Crippen LogP contribution is -2.28. The van der Waals surface area contributed by atoms with Crippen LogP contribution in [0.2, 0.25) is 5.02 Å². The number of hydrogen-bond donors (Lipinski definition) is 1. The molecular weight excluding hydrogens is 249 g/mol. The third-order valence-electron chi connectivity index (χ3n) is 3.10. The molecule has 1 rings (SSSR count). The summed E-state index contributed by atoms with van der Waals surface area (Å²) in [6, 6.07) is 5.25. The topological polar surface area (TPSA) is 12.0 Å². The van der Waals surface area contributed by atoms with Crippen molar-refractivity contribution in [2.24, 2.45) is 11.8 Å². The van der Waals surface area contributed by atoms with Gasteiger partial charge in [-0.25, -0.2) is 4.39 Å². The van der Waals surface area contributed by atoms with Gasteiger partial charge in [0.25, 0.3) is 0 Å². The number of benzene rings is 1. The third kappa shape index (κ3) is 4.25. The van der Waals surface area contributed by atoms with Crippen molar-refractivity contribution in [3.05, 3.63) is 34.6 Å². The second-order valence-corrected chi connectivity index (χ2v) is 5.95. The van der Waals surface area contributed by atoms with E-state index in [1.807, 2.05) is 12.1 Å². The third-order valence-corrected chi connectivity index (χ3v) is 3.39. The Kier molecular flexibility index (Phi) is 6.10. The molecule has 1 unspecified atom stereocenters. The lowest BCUT2D eigenvalue weighted by Gasteiger charge is -2.23. The molecule has 0 saturated heterocycles. The number of hydrogen-bond acceptors (Lipinski definition) is 1. The average Bonchev–Trinajstić information content (AvgIpc) is 2.28. The predicted octanol–water partition coefficient (Wildman–Crippen LogP) is 4.46. The Bertz CT molecular complexity index is 377. The van der Waals surface area contributed by atoms with Gasteiger partial charge in [-0.1, -0.05) is 51.4 Å². The fraction of sp³-hybridized carbons (Fsp3) is 0.600. The van der Waals surface area contributed by atoms with E-state index in [-0.39, 0.29) is 16.8 Å². The van der Waals surface area contributed by atoms with Crippen molar-refractivity contribution in [1.29, 1.82) is 0 Å². The highest BCUT2D eigenvalue weighted by molar-refractivity contribution is 6.30. The fourth-order valence-corrected chi connectivity index (χ4v) is 2.22. The maximum absolute atomic E-state index is 14.0. The van der Waals surface area contributed by atoms with Crippen LogP contribution in [0, 0.1) is 17.7 Å². The molecule has 0 radical (unpaired) electrons. The first-order valence-electron chi connectivity index (χ1n) is 6.58. The normalized spacial score (nSPS) is 13.3. The summed E-state index contributed by atoms with van der Waals surface area (Å²) in [5.74, 6) is 0.853. The van der Waals surface area contributed by atoms with Crippen LogP contribution in [0.3, 0.4) is 0 Å². The van der Waals surface area contributed by atoms with Gasteiger partial charge in [-0.15, -0.1) is 0 Å². The highest BCUT2D eigenvalue weighted by Gasteiger charge is 2.20. The van der Waals surface area contributed by atoms with Crippen LogP contribution in [0.15, 0.2) is 18.2 Å². The zero-order valence-corrected chi connectivity index (χ0v) is 12.4. The summed E-state index contributed by atoms with van der Waals surface area (Å²) < 4.78 is 14.0. The maximum atomic E-state index is 14.0. The van der Waals surface area contributed by atoms with E-state index in [1.54, 1.807) is 6.07 Å². The molecule has 1 atom stereocenters. The van der Waals surface area contributed by atoms with Crippen molar-refractivity contribution < 1.29 is 4.39 Å². The SMILES string of the molecule is CC(C)CNCC(c1cccc(Cl)c1F)C(C)C. The molecule has 0 aromatic heterocycles. The van der Waals surface area contributed by atoms with E-state index in [0.29, 0.717) is 17.4 Å². The van der Waals surface area contributed by atoms with Crippen molar-refractivity contribution in [2.75, 3.05) is 13.1 Å². The molecule has 18 heavy (non-hydrogen) atoms. The zero-order valence-electron chi connectivity index (χ0n) is 11.6. The van der Waals surface area contributed by atoms with Crippen LogP contribution >= 0.6 is 11.6 Å². The van der Waals surface area contributed by atoms with E-state index < -0.39 is 0 Å². The van der Waals surface area contributed by atoms with Gasteiger partial charge in [-0.2, -0.15) is 0 Å². The molecule has 0 heterocycles. The Morgan fingerprint density at radius 1 is 1.17 bits per heavy atom. The Balaban J connectivity index is 2.81.